The first-order valence-electron chi connectivity index (χ1n) is 7.59. The van der Waals surface area contributed by atoms with E-state index in [0.717, 1.165) is 0 Å². The molecular formula is C15H32N2O4Si. The number of rotatable bonds is 8. The summed E-state index contributed by atoms with van der Waals surface area (Å²) >= 11 is 0. The molecule has 0 saturated heterocycles. The fourth-order valence-electron chi connectivity index (χ4n) is 1.52. The van der Waals surface area contributed by atoms with Crippen LogP contribution in [0.1, 0.15) is 41.0 Å². The Labute approximate surface area is 134 Å². The summed E-state index contributed by atoms with van der Waals surface area (Å²) in [5.74, 6) is -0.784. The van der Waals surface area contributed by atoms with Crippen LogP contribution < -0.4 is 11.1 Å². The van der Waals surface area contributed by atoms with Crippen molar-refractivity contribution in [2.24, 2.45) is 11.1 Å². The summed E-state index contributed by atoms with van der Waals surface area (Å²) in [5.41, 5.74) is 4.36. The van der Waals surface area contributed by atoms with E-state index < -0.39 is 25.7 Å². The van der Waals surface area contributed by atoms with E-state index >= 15 is 0 Å². The molecule has 0 spiro atoms. The van der Waals surface area contributed by atoms with Gasteiger partial charge in [0.25, 0.3) is 0 Å². The summed E-state index contributed by atoms with van der Waals surface area (Å²) in [4.78, 5) is 23.2. The molecule has 0 aromatic rings. The third-order valence-electron chi connectivity index (χ3n) is 4.24. The second-order valence-corrected chi connectivity index (χ2v) is 12.7. The highest BCUT2D eigenvalue weighted by atomic mass is 28.4. The molecule has 0 saturated carbocycles. The Morgan fingerprint density at radius 3 is 2.09 bits per heavy atom. The Morgan fingerprint density at radius 1 is 1.23 bits per heavy atom. The highest BCUT2D eigenvalue weighted by Gasteiger charge is 2.45. The van der Waals surface area contributed by atoms with Crippen LogP contribution in [0.15, 0.2) is 0 Å². The maximum atomic E-state index is 12.5. The molecule has 0 aliphatic rings. The molecule has 0 rings (SSSR count). The number of nitrogens with two attached hydrogens (primary N) is 1. The molecule has 2 amide bonds. The lowest BCUT2D eigenvalue weighted by molar-refractivity contribution is -0.135. The smallest absolute Gasteiger partial charge is 0.248 e. The van der Waals surface area contributed by atoms with Crippen LogP contribution in [-0.2, 0) is 14.0 Å². The lowest BCUT2D eigenvalue weighted by Crippen LogP contribution is -2.55. The molecule has 0 fully saturated rings. The summed E-state index contributed by atoms with van der Waals surface area (Å²) in [6.07, 6.45) is -0.691. The molecule has 0 aliphatic heterocycles. The van der Waals surface area contributed by atoms with Crippen molar-refractivity contribution in [3.8, 4) is 0 Å². The highest BCUT2D eigenvalue weighted by molar-refractivity contribution is 6.74. The molecule has 22 heavy (non-hydrogen) atoms. The third-order valence-corrected chi connectivity index (χ3v) is 8.68. The average molecular weight is 333 g/mol. The molecule has 0 aromatic heterocycles. The lowest BCUT2D eigenvalue weighted by atomic mass is 9.87. The number of primary amides is 1. The van der Waals surface area contributed by atoms with Gasteiger partial charge in [0.1, 0.15) is 6.10 Å². The Bertz CT molecular complexity index is 403. The standard InChI is InChI=1S/C15H32N2O4Si/c1-14(2,3)22(6,7)21-12(15(4,5)10-18)13(20)17-9-8-11(16)19/h12,18H,8-10H2,1-7H3,(H2,16,19)(H,17,20)/t12-/m0/s1. The Kier molecular flexibility index (Phi) is 7.25. The van der Waals surface area contributed by atoms with Gasteiger partial charge < -0.3 is 20.6 Å². The van der Waals surface area contributed by atoms with Crippen molar-refractivity contribution in [3.05, 3.63) is 0 Å². The number of carbonyl (C=O) groups is 2. The van der Waals surface area contributed by atoms with Crippen molar-refractivity contribution < 1.29 is 19.1 Å². The maximum absolute atomic E-state index is 12.5. The number of aliphatic hydroxyl groups is 1. The minimum Gasteiger partial charge on any atom is -0.404 e. The average Bonchev–Trinajstić information content (AvgIpc) is 2.33. The minimum absolute atomic E-state index is 0.0513. The van der Waals surface area contributed by atoms with Crippen molar-refractivity contribution in [2.75, 3.05) is 13.2 Å². The van der Waals surface area contributed by atoms with Crippen LogP contribution in [0.3, 0.4) is 0 Å². The van der Waals surface area contributed by atoms with E-state index in [1.54, 1.807) is 13.8 Å². The van der Waals surface area contributed by atoms with Crippen molar-refractivity contribution in [3.63, 3.8) is 0 Å². The van der Waals surface area contributed by atoms with Gasteiger partial charge in [-0.25, -0.2) is 0 Å². The Balaban J connectivity index is 5.16. The van der Waals surface area contributed by atoms with Gasteiger partial charge in [-0.05, 0) is 18.1 Å². The largest absolute Gasteiger partial charge is 0.404 e. The van der Waals surface area contributed by atoms with Gasteiger partial charge in [-0.3, -0.25) is 9.59 Å². The van der Waals surface area contributed by atoms with Crippen molar-refractivity contribution in [1.29, 1.82) is 0 Å². The molecule has 0 aliphatic carbocycles. The zero-order valence-electron chi connectivity index (χ0n) is 14.9. The van der Waals surface area contributed by atoms with Crippen LogP contribution in [0.4, 0.5) is 0 Å². The van der Waals surface area contributed by atoms with Crippen LogP contribution in [0.25, 0.3) is 0 Å². The summed E-state index contributed by atoms with van der Waals surface area (Å²) in [6, 6.07) is 0. The highest BCUT2D eigenvalue weighted by Crippen LogP contribution is 2.39. The van der Waals surface area contributed by atoms with E-state index in [-0.39, 0.29) is 30.5 Å². The number of hydrogen-bond donors (Lipinski definition) is 3. The molecule has 0 unspecified atom stereocenters. The molecular weight excluding hydrogens is 300 g/mol. The zero-order chi connectivity index (χ0) is 17.8. The molecule has 130 valence electrons. The van der Waals surface area contributed by atoms with E-state index in [9.17, 15) is 14.7 Å². The molecule has 0 bridgehead atoms. The lowest BCUT2D eigenvalue weighted by Gasteiger charge is -2.43. The number of carbonyl (C=O) groups excluding carboxylic acids is 2. The first-order chi connectivity index (χ1) is 9.74. The van der Waals surface area contributed by atoms with Gasteiger partial charge in [0.05, 0.1) is 6.61 Å². The summed E-state index contributed by atoms with van der Waals surface area (Å²) in [5, 5.41) is 12.2. The topological polar surface area (TPSA) is 102 Å². The Morgan fingerprint density at radius 2 is 1.73 bits per heavy atom. The van der Waals surface area contributed by atoms with Crippen molar-refractivity contribution in [1.82, 2.24) is 5.32 Å². The van der Waals surface area contributed by atoms with Crippen LogP contribution >= 0.6 is 0 Å². The molecule has 7 heteroatoms. The molecule has 0 radical (unpaired) electrons. The van der Waals surface area contributed by atoms with Gasteiger partial charge in [0.2, 0.25) is 11.8 Å². The van der Waals surface area contributed by atoms with Gasteiger partial charge in [-0.1, -0.05) is 34.6 Å². The van der Waals surface area contributed by atoms with E-state index in [2.05, 4.69) is 39.2 Å². The minimum atomic E-state index is -2.18. The van der Waals surface area contributed by atoms with Crippen molar-refractivity contribution in [2.45, 2.75) is 65.3 Å². The van der Waals surface area contributed by atoms with Crippen molar-refractivity contribution >= 4 is 20.1 Å². The molecule has 0 aromatic carbocycles. The van der Waals surface area contributed by atoms with Gasteiger partial charge in [-0.2, -0.15) is 0 Å². The molecule has 4 N–H and O–H groups in total. The molecule has 6 nitrogen and oxygen atoms in total. The molecule has 0 heterocycles. The van der Waals surface area contributed by atoms with E-state index in [4.69, 9.17) is 10.2 Å². The predicted molar refractivity (Wildman–Crippen MR) is 89.8 cm³/mol. The fourth-order valence-corrected chi connectivity index (χ4v) is 2.89. The maximum Gasteiger partial charge on any atom is 0.248 e. The zero-order valence-corrected chi connectivity index (χ0v) is 15.9. The van der Waals surface area contributed by atoms with E-state index in [1.807, 2.05) is 0 Å². The normalized spacial score (nSPS) is 14.5. The molecule has 1 atom stereocenters. The van der Waals surface area contributed by atoms with E-state index in [1.165, 1.54) is 0 Å². The van der Waals surface area contributed by atoms with Crippen LogP contribution in [0.2, 0.25) is 18.1 Å². The third kappa shape index (κ3) is 6.06. The monoisotopic (exact) mass is 332 g/mol. The number of hydrogen-bond acceptors (Lipinski definition) is 4. The quantitative estimate of drug-likeness (QED) is 0.584. The van der Waals surface area contributed by atoms with Gasteiger partial charge >= 0.3 is 0 Å². The van der Waals surface area contributed by atoms with Crippen LogP contribution in [0, 0.1) is 5.41 Å². The van der Waals surface area contributed by atoms with Gasteiger partial charge in [0, 0.05) is 18.4 Å². The summed E-state index contributed by atoms with van der Waals surface area (Å²) in [7, 11) is -2.18. The number of amides is 2. The van der Waals surface area contributed by atoms with Gasteiger partial charge in [0.15, 0.2) is 8.32 Å². The first-order valence-corrected chi connectivity index (χ1v) is 10.5. The van der Waals surface area contributed by atoms with Gasteiger partial charge in [-0.15, -0.1) is 0 Å². The van der Waals surface area contributed by atoms with Crippen LogP contribution in [-0.4, -0.2) is 44.5 Å². The van der Waals surface area contributed by atoms with Crippen LogP contribution in [0.5, 0.6) is 0 Å². The number of aliphatic hydroxyl groups excluding tert-OH is 1. The second-order valence-electron chi connectivity index (χ2n) is 7.91. The SMILES string of the molecule is CC(C)(CO)[C@@H](O[Si](C)(C)C(C)(C)C)C(=O)NCCC(N)=O. The predicted octanol–water partition coefficient (Wildman–Crippen LogP) is 1.39. The summed E-state index contributed by atoms with van der Waals surface area (Å²) in [6.45, 7) is 14.0. The van der Waals surface area contributed by atoms with E-state index in [0.29, 0.717) is 0 Å². The first kappa shape index (κ1) is 21.1. The fraction of sp³-hybridized carbons (Fsp3) is 0.867. The second kappa shape index (κ2) is 7.57. The number of nitrogens with one attached hydrogen (secondary N) is 1. The summed E-state index contributed by atoms with van der Waals surface area (Å²) < 4.78 is 6.23. The Hall–Kier alpha value is -0.923.